The van der Waals surface area contributed by atoms with Crippen LogP contribution in [0.3, 0.4) is 0 Å². The zero-order valence-electron chi connectivity index (χ0n) is 13.1. The van der Waals surface area contributed by atoms with Gasteiger partial charge in [0.2, 0.25) is 0 Å². The first-order valence-electron chi connectivity index (χ1n) is 7.63. The molecule has 0 radical (unpaired) electrons. The summed E-state index contributed by atoms with van der Waals surface area (Å²) < 4.78 is 5.33. The van der Waals surface area contributed by atoms with Gasteiger partial charge in [0.15, 0.2) is 8.07 Å². The Hall–Kier alpha value is -1.84. The number of halogens is 1. The summed E-state index contributed by atoms with van der Waals surface area (Å²) in [5.74, 6) is 0.896. The highest BCUT2D eigenvalue weighted by Crippen LogP contribution is 2.14. The molecule has 0 saturated heterocycles. The van der Waals surface area contributed by atoms with Crippen LogP contribution in [0.5, 0.6) is 5.75 Å². The molecule has 0 aliphatic carbocycles. The molecule has 116 valence electrons. The van der Waals surface area contributed by atoms with E-state index in [2.05, 4.69) is 101 Å². The number of benzene rings is 3. The Kier molecular flexibility index (Phi) is 4.99. The van der Waals surface area contributed by atoms with Crippen molar-refractivity contribution in [2.45, 2.75) is 0 Å². The number of hydrogen-bond donors (Lipinski definition) is 0. The van der Waals surface area contributed by atoms with Crippen LogP contribution >= 0.6 is 15.9 Å². The van der Waals surface area contributed by atoms with E-state index in [0.717, 1.165) is 10.7 Å². The highest BCUT2D eigenvalue weighted by atomic mass is 79.9. The first-order valence-corrected chi connectivity index (χ1v) is 11.0. The monoisotopic (exact) mass is 382 g/mol. The van der Waals surface area contributed by atoms with Gasteiger partial charge in [-0.2, -0.15) is 0 Å². The van der Waals surface area contributed by atoms with Crippen LogP contribution in [0.2, 0.25) is 0 Å². The Morgan fingerprint density at radius 2 is 1.13 bits per heavy atom. The minimum atomic E-state index is -2.07. The summed E-state index contributed by atoms with van der Waals surface area (Å²) in [5.41, 5.74) is 0. The van der Waals surface area contributed by atoms with Gasteiger partial charge in [-0.1, -0.05) is 88.7 Å². The maximum atomic E-state index is 5.33. The summed E-state index contributed by atoms with van der Waals surface area (Å²) in [5, 5.41) is 4.20. The lowest BCUT2D eigenvalue weighted by atomic mass is 10.3. The standard InChI is InChI=1S/C20H19BrOSi/c1-22-17-12-14-20(15-13-17)23(16-21,18-8-4-2-5-9-18)19-10-6-3-7-11-19/h2-15H,16H2,1H3. The molecule has 23 heavy (non-hydrogen) atoms. The molecule has 0 atom stereocenters. The van der Waals surface area contributed by atoms with Gasteiger partial charge in [0, 0.05) is 4.95 Å². The van der Waals surface area contributed by atoms with E-state index >= 15 is 0 Å². The second kappa shape index (κ2) is 7.15. The van der Waals surface area contributed by atoms with E-state index in [1.165, 1.54) is 15.6 Å². The van der Waals surface area contributed by atoms with E-state index in [9.17, 15) is 0 Å². The van der Waals surface area contributed by atoms with E-state index < -0.39 is 8.07 Å². The van der Waals surface area contributed by atoms with Crippen molar-refractivity contribution in [3.63, 3.8) is 0 Å². The predicted octanol–water partition coefficient (Wildman–Crippen LogP) is 3.10. The molecule has 3 rings (SSSR count). The van der Waals surface area contributed by atoms with Crippen LogP contribution in [-0.2, 0) is 0 Å². The number of alkyl halides is 1. The quantitative estimate of drug-likeness (QED) is 0.374. The Balaban J connectivity index is 2.24. The van der Waals surface area contributed by atoms with Gasteiger partial charge in [-0.15, -0.1) is 0 Å². The third-order valence-corrected chi connectivity index (χ3v) is 11.2. The lowest BCUT2D eigenvalue weighted by Crippen LogP contribution is -2.68. The highest BCUT2D eigenvalue weighted by molar-refractivity contribution is 9.09. The van der Waals surface area contributed by atoms with Crippen molar-refractivity contribution in [2.24, 2.45) is 0 Å². The number of methoxy groups -OCH3 is 1. The van der Waals surface area contributed by atoms with Crippen LogP contribution in [0.15, 0.2) is 84.9 Å². The molecular formula is C20H19BrOSi. The fourth-order valence-electron chi connectivity index (χ4n) is 3.05. The van der Waals surface area contributed by atoms with Crippen LogP contribution in [-0.4, -0.2) is 20.1 Å². The maximum Gasteiger partial charge on any atom is 0.158 e. The maximum absolute atomic E-state index is 5.33. The molecule has 1 nitrogen and oxygen atoms in total. The Labute approximate surface area is 147 Å². The number of hydrogen-bond acceptors (Lipinski definition) is 1. The fourth-order valence-corrected chi connectivity index (χ4v) is 9.69. The van der Waals surface area contributed by atoms with Gasteiger partial charge in [0.05, 0.1) is 7.11 Å². The molecule has 0 spiro atoms. The molecule has 0 amide bonds. The van der Waals surface area contributed by atoms with Crippen LogP contribution in [0.25, 0.3) is 0 Å². The first-order chi connectivity index (χ1) is 11.3. The second-order valence-electron chi connectivity index (χ2n) is 5.50. The van der Waals surface area contributed by atoms with Crippen molar-refractivity contribution < 1.29 is 4.74 Å². The zero-order valence-corrected chi connectivity index (χ0v) is 15.7. The molecule has 3 aromatic rings. The molecule has 0 N–H and O–H groups in total. The van der Waals surface area contributed by atoms with Gasteiger partial charge in [-0.3, -0.25) is 0 Å². The van der Waals surface area contributed by atoms with Crippen molar-refractivity contribution in [2.75, 3.05) is 12.1 Å². The summed E-state index contributed by atoms with van der Waals surface area (Å²) in [6.45, 7) is 0. The van der Waals surface area contributed by atoms with Crippen molar-refractivity contribution in [1.82, 2.24) is 0 Å². The third-order valence-electron chi connectivity index (χ3n) is 4.32. The van der Waals surface area contributed by atoms with Crippen LogP contribution < -0.4 is 20.3 Å². The van der Waals surface area contributed by atoms with Gasteiger partial charge in [0.25, 0.3) is 0 Å². The lowest BCUT2D eigenvalue weighted by Gasteiger charge is -2.32. The first kappa shape index (κ1) is 16.0. The Morgan fingerprint density at radius 1 is 0.696 bits per heavy atom. The van der Waals surface area contributed by atoms with Gasteiger partial charge >= 0.3 is 0 Å². The summed E-state index contributed by atoms with van der Waals surface area (Å²) in [4.78, 5) is 0.945. The van der Waals surface area contributed by atoms with Crippen LogP contribution in [0.1, 0.15) is 0 Å². The SMILES string of the molecule is COc1ccc([Si](CBr)(c2ccccc2)c2ccccc2)cc1. The summed E-state index contributed by atoms with van der Waals surface area (Å²) in [6.07, 6.45) is 0. The molecule has 3 heteroatoms. The average molecular weight is 383 g/mol. The molecule has 0 unspecified atom stereocenters. The Bertz CT molecular complexity index is 702. The van der Waals surface area contributed by atoms with Crippen molar-refractivity contribution in [3.05, 3.63) is 84.9 Å². The van der Waals surface area contributed by atoms with E-state index in [1.54, 1.807) is 7.11 Å². The Morgan fingerprint density at radius 3 is 1.52 bits per heavy atom. The molecule has 0 fully saturated rings. The molecule has 0 aliphatic heterocycles. The minimum Gasteiger partial charge on any atom is -0.497 e. The van der Waals surface area contributed by atoms with Gasteiger partial charge in [-0.25, -0.2) is 0 Å². The number of rotatable bonds is 5. The fraction of sp³-hybridized carbons (Fsp3) is 0.100. The highest BCUT2D eigenvalue weighted by Gasteiger charge is 2.38. The molecule has 3 aromatic carbocycles. The molecule has 0 heterocycles. The normalized spacial score (nSPS) is 11.2. The lowest BCUT2D eigenvalue weighted by molar-refractivity contribution is 0.415. The van der Waals surface area contributed by atoms with Crippen LogP contribution in [0, 0.1) is 0 Å². The summed E-state index contributed by atoms with van der Waals surface area (Å²) >= 11 is 3.85. The topological polar surface area (TPSA) is 9.23 Å². The average Bonchev–Trinajstić information content (AvgIpc) is 2.65. The van der Waals surface area contributed by atoms with Crippen molar-refractivity contribution in [3.8, 4) is 5.75 Å². The van der Waals surface area contributed by atoms with Crippen molar-refractivity contribution in [1.29, 1.82) is 0 Å². The van der Waals surface area contributed by atoms with Gasteiger partial charge in [0.1, 0.15) is 5.75 Å². The minimum absolute atomic E-state index is 0.896. The summed E-state index contributed by atoms with van der Waals surface area (Å²) in [7, 11) is -0.365. The summed E-state index contributed by atoms with van der Waals surface area (Å²) in [6, 6.07) is 30.3. The van der Waals surface area contributed by atoms with Gasteiger partial charge < -0.3 is 4.74 Å². The van der Waals surface area contributed by atoms with E-state index in [4.69, 9.17) is 4.74 Å². The molecular weight excluding hydrogens is 364 g/mol. The molecule has 0 bridgehead atoms. The largest absolute Gasteiger partial charge is 0.497 e. The molecule has 0 aliphatic rings. The van der Waals surface area contributed by atoms with E-state index in [-0.39, 0.29) is 0 Å². The third kappa shape index (κ3) is 2.99. The van der Waals surface area contributed by atoms with E-state index in [0.29, 0.717) is 0 Å². The van der Waals surface area contributed by atoms with Gasteiger partial charge in [-0.05, 0) is 27.7 Å². The molecule has 0 aromatic heterocycles. The predicted molar refractivity (Wildman–Crippen MR) is 104 cm³/mol. The molecule has 0 saturated carbocycles. The zero-order chi connectivity index (χ0) is 16.1. The second-order valence-corrected chi connectivity index (χ2v) is 11.0. The van der Waals surface area contributed by atoms with Crippen molar-refractivity contribution >= 4 is 39.6 Å². The van der Waals surface area contributed by atoms with E-state index in [1.807, 2.05) is 0 Å². The van der Waals surface area contributed by atoms with Crippen LogP contribution in [0.4, 0.5) is 0 Å². The number of ether oxygens (including phenoxy) is 1. The smallest absolute Gasteiger partial charge is 0.158 e.